The molecule has 0 saturated carbocycles. The van der Waals surface area contributed by atoms with Crippen LogP contribution in [-0.4, -0.2) is 25.7 Å². The molecule has 0 aromatic heterocycles. The molecule has 0 radical (unpaired) electrons. The third-order valence-electron chi connectivity index (χ3n) is 3.49. The molecular weight excluding hydrogens is 290 g/mol. The number of amides is 1. The van der Waals surface area contributed by atoms with E-state index < -0.39 is 0 Å². The van der Waals surface area contributed by atoms with Crippen molar-refractivity contribution in [2.24, 2.45) is 5.92 Å². The minimum absolute atomic E-state index is 0.00859. The minimum Gasteiger partial charge on any atom is -0.493 e. The maximum absolute atomic E-state index is 12.0. The molecule has 0 aliphatic carbocycles. The summed E-state index contributed by atoms with van der Waals surface area (Å²) >= 11 is 0. The second-order valence-electron chi connectivity index (χ2n) is 6.14. The van der Waals surface area contributed by atoms with Gasteiger partial charge < -0.3 is 14.8 Å². The summed E-state index contributed by atoms with van der Waals surface area (Å²) in [5.74, 6) is 1.73. The normalized spacial score (nSPS) is 12.4. The van der Waals surface area contributed by atoms with Gasteiger partial charge in [0.15, 0.2) is 18.1 Å². The van der Waals surface area contributed by atoms with Crippen LogP contribution < -0.4 is 14.8 Å². The third-order valence-corrected chi connectivity index (χ3v) is 3.49. The highest BCUT2D eigenvalue weighted by atomic mass is 16.5. The first-order valence-corrected chi connectivity index (χ1v) is 8.19. The summed E-state index contributed by atoms with van der Waals surface area (Å²) in [5.41, 5.74) is 1.03. The molecule has 1 rings (SSSR count). The van der Waals surface area contributed by atoms with E-state index in [-0.39, 0.29) is 18.6 Å². The van der Waals surface area contributed by atoms with E-state index in [0.29, 0.717) is 17.4 Å². The summed E-state index contributed by atoms with van der Waals surface area (Å²) in [4.78, 5) is 12.0. The molecule has 23 heavy (non-hydrogen) atoms. The quantitative estimate of drug-likeness (QED) is 0.747. The number of carbonyl (C=O) groups excluding carboxylic acids is 1. The number of allylic oxidation sites excluding steroid dienone is 1. The van der Waals surface area contributed by atoms with Crippen molar-refractivity contribution in [2.45, 2.75) is 46.6 Å². The zero-order chi connectivity index (χ0) is 17.2. The lowest BCUT2D eigenvalue weighted by Gasteiger charge is -2.16. The Morgan fingerprint density at radius 3 is 2.57 bits per heavy atom. The molecule has 0 saturated heterocycles. The standard InChI is InChI=1S/C19H29NO3/c1-6-7-16-10-11-17(18(12-16)22-5)23-13-19(21)20-15(4)9-8-14(2)3/h6-7,10-12,14-15H,8-9,13H2,1-5H3,(H,20,21)/b7-6+. The molecule has 0 fully saturated rings. The van der Waals surface area contributed by atoms with E-state index in [1.165, 1.54) is 0 Å². The smallest absolute Gasteiger partial charge is 0.258 e. The van der Waals surface area contributed by atoms with E-state index in [0.717, 1.165) is 18.4 Å². The highest BCUT2D eigenvalue weighted by Gasteiger charge is 2.11. The molecule has 0 aliphatic heterocycles. The van der Waals surface area contributed by atoms with Crippen LogP contribution in [0.4, 0.5) is 0 Å². The lowest BCUT2D eigenvalue weighted by Crippen LogP contribution is -2.36. The Morgan fingerprint density at radius 1 is 1.22 bits per heavy atom. The Kier molecular flexibility index (Phi) is 8.23. The Labute approximate surface area is 139 Å². The van der Waals surface area contributed by atoms with Gasteiger partial charge in [0.25, 0.3) is 5.91 Å². The van der Waals surface area contributed by atoms with Crippen LogP contribution in [0.3, 0.4) is 0 Å². The summed E-state index contributed by atoms with van der Waals surface area (Å²) in [5, 5.41) is 2.96. The topological polar surface area (TPSA) is 47.6 Å². The van der Waals surface area contributed by atoms with Crippen molar-refractivity contribution in [3.8, 4) is 11.5 Å². The Bertz CT molecular complexity index is 523. The molecule has 0 aliphatic rings. The fraction of sp³-hybridized carbons (Fsp3) is 0.526. The number of rotatable bonds is 9. The Hall–Kier alpha value is -1.97. The van der Waals surface area contributed by atoms with Gasteiger partial charge in [-0.3, -0.25) is 4.79 Å². The maximum atomic E-state index is 12.0. The van der Waals surface area contributed by atoms with E-state index >= 15 is 0 Å². The molecule has 1 atom stereocenters. The number of benzene rings is 1. The second-order valence-corrected chi connectivity index (χ2v) is 6.14. The van der Waals surface area contributed by atoms with Gasteiger partial charge in [-0.2, -0.15) is 0 Å². The predicted octanol–water partition coefficient (Wildman–Crippen LogP) is 4.05. The zero-order valence-corrected chi connectivity index (χ0v) is 14.9. The summed E-state index contributed by atoms with van der Waals surface area (Å²) in [7, 11) is 1.59. The lowest BCUT2D eigenvalue weighted by atomic mass is 10.0. The molecule has 1 N–H and O–H groups in total. The van der Waals surface area contributed by atoms with Gasteiger partial charge in [0.05, 0.1) is 7.11 Å². The van der Waals surface area contributed by atoms with E-state index in [1.54, 1.807) is 7.11 Å². The van der Waals surface area contributed by atoms with Crippen LogP contribution in [0.15, 0.2) is 24.3 Å². The van der Waals surface area contributed by atoms with Crippen LogP contribution in [0, 0.1) is 5.92 Å². The third kappa shape index (κ3) is 7.22. The van der Waals surface area contributed by atoms with E-state index in [4.69, 9.17) is 9.47 Å². The number of hydrogen-bond acceptors (Lipinski definition) is 3. The van der Waals surface area contributed by atoms with Gasteiger partial charge in [0, 0.05) is 6.04 Å². The van der Waals surface area contributed by atoms with Gasteiger partial charge in [0.1, 0.15) is 0 Å². The number of hydrogen-bond donors (Lipinski definition) is 1. The van der Waals surface area contributed by atoms with Gasteiger partial charge in [0.2, 0.25) is 0 Å². The molecule has 0 bridgehead atoms. The molecule has 1 aromatic rings. The lowest BCUT2D eigenvalue weighted by molar-refractivity contribution is -0.123. The van der Waals surface area contributed by atoms with Gasteiger partial charge >= 0.3 is 0 Å². The predicted molar refractivity (Wildman–Crippen MR) is 94.9 cm³/mol. The fourth-order valence-corrected chi connectivity index (χ4v) is 2.21. The van der Waals surface area contributed by atoms with Crippen LogP contribution in [0.25, 0.3) is 6.08 Å². The number of nitrogens with one attached hydrogen (secondary N) is 1. The highest BCUT2D eigenvalue weighted by Crippen LogP contribution is 2.28. The molecule has 1 aromatic carbocycles. The van der Waals surface area contributed by atoms with Crippen molar-refractivity contribution in [3.05, 3.63) is 29.8 Å². The molecule has 4 heteroatoms. The van der Waals surface area contributed by atoms with Crippen LogP contribution in [-0.2, 0) is 4.79 Å². The Balaban J connectivity index is 2.52. The number of carbonyl (C=O) groups is 1. The summed E-state index contributed by atoms with van der Waals surface area (Å²) < 4.78 is 10.9. The molecule has 0 heterocycles. The second kappa shape index (κ2) is 9.93. The van der Waals surface area contributed by atoms with Crippen LogP contribution in [0.2, 0.25) is 0 Å². The molecule has 4 nitrogen and oxygen atoms in total. The molecule has 0 spiro atoms. The van der Waals surface area contributed by atoms with Crippen molar-refractivity contribution in [3.63, 3.8) is 0 Å². The summed E-state index contributed by atoms with van der Waals surface area (Å²) in [6.07, 6.45) is 6.02. The number of methoxy groups -OCH3 is 1. The average Bonchev–Trinajstić information content (AvgIpc) is 2.51. The summed E-state index contributed by atoms with van der Waals surface area (Å²) in [6, 6.07) is 5.80. The largest absolute Gasteiger partial charge is 0.493 e. The Morgan fingerprint density at radius 2 is 1.96 bits per heavy atom. The molecule has 128 valence electrons. The number of ether oxygens (including phenoxy) is 2. The molecule has 1 amide bonds. The van der Waals surface area contributed by atoms with Gasteiger partial charge in [-0.05, 0) is 50.3 Å². The average molecular weight is 319 g/mol. The van der Waals surface area contributed by atoms with Crippen molar-refractivity contribution < 1.29 is 14.3 Å². The first-order valence-electron chi connectivity index (χ1n) is 8.19. The fourth-order valence-electron chi connectivity index (χ4n) is 2.21. The van der Waals surface area contributed by atoms with Crippen LogP contribution in [0.5, 0.6) is 11.5 Å². The van der Waals surface area contributed by atoms with E-state index in [9.17, 15) is 4.79 Å². The van der Waals surface area contributed by atoms with E-state index in [2.05, 4.69) is 19.2 Å². The van der Waals surface area contributed by atoms with Gasteiger partial charge in [-0.25, -0.2) is 0 Å². The van der Waals surface area contributed by atoms with Crippen molar-refractivity contribution >= 4 is 12.0 Å². The minimum atomic E-state index is -0.110. The van der Waals surface area contributed by atoms with Crippen molar-refractivity contribution in [2.75, 3.05) is 13.7 Å². The first kappa shape index (κ1) is 19.1. The van der Waals surface area contributed by atoms with Crippen molar-refractivity contribution in [1.82, 2.24) is 5.32 Å². The molecule has 1 unspecified atom stereocenters. The van der Waals surface area contributed by atoms with Crippen molar-refractivity contribution in [1.29, 1.82) is 0 Å². The molecular formula is C19H29NO3. The van der Waals surface area contributed by atoms with E-state index in [1.807, 2.05) is 44.2 Å². The zero-order valence-electron chi connectivity index (χ0n) is 14.9. The van der Waals surface area contributed by atoms with Crippen LogP contribution in [0.1, 0.15) is 46.1 Å². The SMILES string of the molecule is C/C=C/c1ccc(OCC(=O)NC(C)CCC(C)C)c(OC)c1. The maximum Gasteiger partial charge on any atom is 0.258 e. The van der Waals surface area contributed by atoms with Crippen LogP contribution >= 0.6 is 0 Å². The first-order chi connectivity index (χ1) is 11.0. The monoisotopic (exact) mass is 319 g/mol. The summed E-state index contributed by atoms with van der Waals surface area (Å²) in [6.45, 7) is 8.34. The van der Waals surface area contributed by atoms with Gasteiger partial charge in [-0.15, -0.1) is 0 Å². The highest BCUT2D eigenvalue weighted by molar-refractivity contribution is 5.77. The van der Waals surface area contributed by atoms with Gasteiger partial charge in [-0.1, -0.05) is 32.1 Å².